The van der Waals surface area contributed by atoms with Gasteiger partial charge in [-0.25, -0.2) is 0 Å². The number of esters is 1. The highest BCUT2D eigenvalue weighted by atomic mass is 19.4. The largest absolute Gasteiger partial charge is 0.469 e. The highest BCUT2D eigenvalue weighted by molar-refractivity contribution is 5.72. The van der Waals surface area contributed by atoms with Crippen molar-refractivity contribution in [1.29, 1.82) is 0 Å². The first-order valence-corrected chi connectivity index (χ1v) is 5.55. The molecule has 0 aliphatic rings. The van der Waals surface area contributed by atoms with Crippen LogP contribution in [0.2, 0.25) is 0 Å². The van der Waals surface area contributed by atoms with Crippen LogP contribution in [0.1, 0.15) is 45.4 Å². The van der Waals surface area contributed by atoms with Crippen molar-refractivity contribution in [2.45, 2.75) is 51.6 Å². The van der Waals surface area contributed by atoms with Gasteiger partial charge >= 0.3 is 12.1 Å². The van der Waals surface area contributed by atoms with Crippen LogP contribution in [-0.2, 0) is 9.53 Å². The summed E-state index contributed by atoms with van der Waals surface area (Å²) in [4.78, 5) is 11.1. The maximum Gasteiger partial charge on any atom is 0.389 e. The third-order valence-corrected chi connectivity index (χ3v) is 2.42. The van der Waals surface area contributed by atoms with Crippen LogP contribution in [0.4, 0.5) is 13.2 Å². The lowest BCUT2D eigenvalue weighted by Gasteiger charge is -2.16. The SMILES string of the molecule is CCCCCCC(CC(F)(F)F)C(=O)OC. The first-order chi connectivity index (χ1) is 7.40. The molecule has 96 valence electrons. The Bertz CT molecular complexity index is 202. The smallest absolute Gasteiger partial charge is 0.389 e. The van der Waals surface area contributed by atoms with Crippen molar-refractivity contribution < 1.29 is 22.7 Å². The molecule has 5 heteroatoms. The van der Waals surface area contributed by atoms with Gasteiger partial charge < -0.3 is 4.74 Å². The van der Waals surface area contributed by atoms with Crippen LogP contribution in [0.25, 0.3) is 0 Å². The molecule has 0 aliphatic heterocycles. The lowest BCUT2D eigenvalue weighted by molar-refractivity contribution is -0.166. The van der Waals surface area contributed by atoms with Crippen LogP contribution in [0, 0.1) is 5.92 Å². The Morgan fingerprint density at radius 2 is 1.88 bits per heavy atom. The summed E-state index contributed by atoms with van der Waals surface area (Å²) >= 11 is 0. The summed E-state index contributed by atoms with van der Waals surface area (Å²) in [5.41, 5.74) is 0. The molecule has 0 aromatic carbocycles. The van der Waals surface area contributed by atoms with Crippen molar-refractivity contribution in [3.63, 3.8) is 0 Å². The van der Waals surface area contributed by atoms with Gasteiger partial charge in [-0.2, -0.15) is 13.2 Å². The van der Waals surface area contributed by atoms with Crippen molar-refractivity contribution in [2.75, 3.05) is 7.11 Å². The van der Waals surface area contributed by atoms with Crippen LogP contribution in [0.5, 0.6) is 0 Å². The summed E-state index contributed by atoms with van der Waals surface area (Å²) in [6.45, 7) is 2.02. The summed E-state index contributed by atoms with van der Waals surface area (Å²) in [5.74, 6) is -1.80. The molecule has 0 rings (SSSR count). The Labute approximate surface area is 94.2 Å². The number of hydrogen-bond donors (Lipinski definition) is 0. The van der Waals surface area contributed by atoms with Crippen LogP contribution >= 0.6 is 0 Å². The summed E-state index contributed by atoms with van der Waals surface area (Å²) in [6.07, 6.45) is -1.62. The Morgan fingerprint density at radius 1 is 1.25 bits per heavy atom. The lowest BCUT2D eigenvalue weighted by Crippen LogP contribution is -2.23. The standard InChI is InChI=1S/C11H19F3O2/c1-3-4-5-6-7-9(10(15)16-2)8-11(12,13)14/h9H,3-8H2,1-2H3. The van der Waals surface area contributed by atoms with Gasteiger partial charge in [0.05, 0.1) is 19.4 Å². The van der Waals surface area contributed by atoms with Crippen LogP contribution in [0.3, 0.4) is 0 Å². The van der Waals surface area contributed by atoms with Gasteiger partial charge in [0.2, 0.25) is 0 Å². The molecule has 2 nitrogen and oxygen atoms in total. The number of methoxy groups -OCH3 is 1. The van der Waals surface area contributed by atoms with Crippen molar-refractivity contribution in [1.82, 2.24) is 0 Å². The van der Waals surface area contributed by atoms with E-state index < -0.39 is 24.5 Å². The molecule has 0 amide bonds. The van der Waals surface area contributed by atoms with Crippen molar-refractivity contribution in [3.05, 3.63) is 0 Å². The highest BCUT2D eigenvalue weighted by Gasteiger charge is 2.35. The van der Waals surface area contributed by atoms with Crippen molar-refractivity contribution in [3.8, 4) is 0 Å². The van der Waals surface area contributed by atoms with Gasteiger partial charge in [0.15, 0.2) is 0 Å². The topological polar surface area (TPSA) is 26.3 Å². The van der Waals surface area contributed by atoms with Crippen molar-refractivity contribution >= 4 is 5.97 Å². The summed E-state index contributed by atoms with van der Waals surface area (Å²) < 4.78 is 40.9. The molecule has 0 fully saturated rings. The third-order valence-electron chi connectivity index (χ3n) is 2.42. The highest BCUT2D eigenvalue weighted by Crippen LogP contribution is 2.28. The number of ether oxygens (including phenoxy) is 1. The van der Waals surface area contributed by atoms with Gasteiger partial charge in [0.25, 0.3) is 0 Å². The van der Waals surface area contributed by atoms with E-state index in [0.717, 1.165) is 26.4 Å². The van der Waals surface area contributed by atoms with Gasteiger partial charge in [-0.15, -0.1) is 0 Å². The molecule has 0 saturated heterocycles. The van der Waals surface area contributed by atoms with Gasteiger partial charge in [0.1, 0.15) is 0 Å². The molecule has 0 heterocycles. The quantitative estimate of drug-likeness (QED) is 0.501. The fourth-order valence-corrected chi connectivity index (χ4v) is 1.57. The molecule has 0 aromatic heterocycles. The number of hydrogen-bond acceptors (Lipinski definition) is 2. The monoisotopic (exact) mass is 240 g/mol. The van der Waals surface area contributed by atoms with Gasteiger partial charge in [-0.3, -0.25) is 4.79 Å². The zero-order chi connectivity index (χ0) is 12.6. The molecular formula is C11H19F3O2. The average Bonchev–Trinajstić information content (AvgIpc) is 2.19. The first-order valence-electron chi connectivity index (χ1n) is 5.55. The van der Waals surface area contributed by atoms with Gasteiger partial charge in [-0.1, -0.05) is 32.6 Å². The van der Waals surface area contributed by atoms with Gasteiger partial charge in [-0.05, 0) is 6.42 Å². The maximum atomic E-state index is 12.2. The molecule has 16 heavy (non-hydrogen) atoms. The Morgan fingerprint density at radius 3 is 2.31 bits per heavy atom. The Hall–Kier alpha value is -0.740. The normalized spacial score (nSPS) is 13.6. The Balaban J connectivity index is 4.06. The van der Waals surface area contributed by atoms with E-state index in [1.807, 2.05) is 6.92 Å². The lowest BCUT2D eigenvalue weighted by atomic mass is 9.97. The maximum absolute atomic E-state index is 12.2. The minimum Gasteiger partial charge on any atom is -0.469 e. The van der Waals surface area contributed by atoms with Gasteiger partial charge in [0, 0.05) is 0 Å². The molecule has 0 aliphatic carbocycles. The third kappa shape index (κ3) is 7.54. The first kappa shape index (κ1) is 15.3. The summed E-state index contributed by atoms with van der Waals surface area (Å²) in [7, 11) is 1.12. The molecule has 0 saturated carbocycles. The molecule has 1 unspecified atom stereocenters. The molecule has 1 atom stereocenters. The minimum absolute atomic E-state index is 0.256. The van der Waals surface area contributed by atoms with Crippen LogP contribution in [0.15, 0.2) is 0 Å². The van der Waals surface area contributed by atoms with Crippen molar-refractivity contribution in [2.24, 2.45) is 5.92 Å². The molecule has 0 radical (unpaired) electrons. The second-order valence-electron chi connectivity index (χ2n) is 3.89. The Kier molecular flexibility index (Phi) is 7.17. The number of carbonyl (C=O) groups is 1. The second kappa shape index (κ2) is 7.52. The fourth-order valence-electron chi connectivity index (χ4n) is 1.57. The van der Waals surface area contributed by atoms with Crippen LogP contribution < -0.4 is 0 Å². The minimum atomic E-state index is -4.30. The molecule has 0 aromatic rings. The summed E-state index contributed by atoms with van der Waals surface area (Å²) in [5, 5.41) is 0. The molecular weight excluding hydrogens is 221 g/mol. The molecule has 0 spiro atoms. The number of carbonyl (C=O) groups excluding carboxylic acids is 1. The molecule has 0 bridgehead atoms. The predicted octanol–water partition coefficient (Wildman–Crippen LogP) is 3.70. The second-order valence-corrected chi connectivity index (χ2v) is 3.89. The zero-order valence-electron chi connectivity index (χ0n) is 9.77. The number of halogens is 3. The van der Waals surface area contributed by atoms with E-state index in [-0.39, 0.29) is 6.42 Å². The van der Waals surface area contributed by atoms with E-state index in [0.29, 0.717) is 6.42 Å². The number of alkyl halides is 3. The zero-order valence-corrected chi connectivity index (χ0v) is 9.77. The fraction of sp³-hybridized carbons (Fsp3) is 0.909. The molecule has 0 N–H and O–H groups in total. The van der Waals surface area contributed by atoms with E-state index in [9.17, 15) is 18.0 Å². The van der Waals surface area contributed by atoms with E-state index in [1.165, 1.54) is 0 Å². The van der Waals surface area contributed by atoms with E-state index in [1.54, 1.807) is 0 Å². The average molecular weight is 240 g/mol. The van der Waals surface area contributed by atoms with Crippen LogP contribution in [-0.4, -0.2) is 19.3 Å². The predicted molar refractivity (Wildman–Crippen MR) is 54.9 cm³/mol. The van der Waals surface area contributed by atoms with E-state index in [4.69, 9.17) is 0 Å². The van der Waals surface area contributed by atoms with E-state index in [2.05, 4.69) is 4.74 Å². The number of rotatable bonds is 7. The van der Waals surface area contributed by atoms with E-state index >= 15 is 0 Å². The number of unbranched alkanes of at least 4 members (excludes halogenated alkanes) is 3. The summed E-state index contributed by atoms with van der Waals surface area (Å²) in [6, 6.07) is 0.